The molecule has 0 aliphatic carbocycles. The summed E-state index contributed by atoms with van der Waals surface area (Å²) in [7, 11) is 1.52. The van der Waals surface area contributed by atoms with E-state index in [-0.39, 0.29) is 12.8 Å². The van der Waals surface area contributed by atoms with Crippen molar-refractivity contribution in [2.75, 3.05) is 13.7 Å². The predicted molar refractivity (Wildman–Crippen MR) is 68.7 cm³/mol. The van der Waals surface area contributed by atoms with Gasteiger partial charge in [0.2, 0.25) is 5.91 Å². The molecule has 0 unspecified atom stereocenters. The molecule has 3 N–H and O–H groups in total. The Morgan fingerprint density at radius 2 is 1.74 bits per heavy atom. The first-order valence-electron chi connectivity index (χ1n) is 6.09. The number of amides is 3. The van der Waals surface area contributed by atoms with Crippen molar-refractivity contribution < 1.29 is 24.2 Å². The number of imide groups is 1. The molecule has 7 nitrogen and oxygen atoms in total. The highest BCUT2D eigenvalue weighted by molar-refractivity contribution is 5.94. The van der Waals surface area contributed by atoms with Crippen LogP contribution in [0.1, 0.15) is 39.5 Å². The van der Waals surface area contributed by atoms with Gasteiger partial charge < -0.3 is 15.2 Å². The van der Waals surface area contributed by atoms with Crippen molar-refractivity contribution in [1.82, 2.24) is 10.6 Å². The van der Waals surface area contributed by atoms with E-state index in [2.05, 4.69) is 10.6 Å². The summed E-state index contributed by atoms with van der Waals surface area (Å²) in [5.74, 6) is -1.31. The number of unbranched alkanes of at least 4 members (excludes halogenated alkanes) is 1. The number of carboxylic acid groups (broad SMARTS) is 1. The molecule has 7 heteroatoms. The third-order valence-corrected chi connectivity index (χ3v) is 2.25. The van der Waals surface area contributed by atoms with Gasteiger partial charge in [0.15, 0.2) is 0 Å². The highest BCUT2D eigenvalue weighted by atomic mass is 16.5. The third kappa shape index (κ3) is 10.0. The molecule has 0 aromatic heterocycles. The average molecular weight is 274 g/mol. The van der Waals surface area contributed by atoms with Gasteiger partial charge in [-0.15, -0.1) is 0 Å². The van der Waals surface area contributed by atoms with Crippen LogP contribution in [0.3, 0.4) is 0 Å². The average Bonchev–Trinajstić information content (AvgIpc) is 2.22. The molecule has 0 bridgehead atoms. The Balaban J connectivity index is 3.87. The summed E-state index contributed by atoms with van der Waals surface area (Å²) in [5, 5.41) is 13.2. The smallest absolute Gasteiger partial charge is 0.321 e. The lowest BCUT2D eigenvalue weighted by molar-refractivity contribution is -0.137. The van der Waals surface area contributed by atoms with E-state index in [1.807, 2.05) is 0 Å². The SMILES string of the molecule is COCC(C)(C)NC(=O)NC(=O)CCCCC(=O)O. The number of urea groups is 1. The first-order chi connectivity index (χ1) is 8.76. The van der Waals surface area contributed by atoms with Crippen molar-refractivity contribution in [3.8, 4) is 0 Å². The Morgan fingerprint density at radius 3 is 2.26 bits per heavy atom. The summed E-state index contributed by atoms with van der Waals surface area (Å²) in [6, 6.07) is -0.578. The molecule has 0 radical (unpaired) electrons. The number of carbonyl (C=O) groups excluding carboxylic acids is 2. The van der Waals surface area contributed by atoms with Crippen molar-refractivity contribution in [3.63, 3.8) is 0 Å². The van der Waals surface area contributed by atoms with Gasteiger partial charge in [-0.05, 0) is 26.7 Å². The van der Waals surface area contributed by atoms with Crippen LogP contribution in [-0.2, 0) is 14.3 Å². The van der Waals surface area contributed by atoms with Crippen molar-refractivity contribution in [2.24, 2.45) is 0 Å². The minimum Gasteiger partial charge on any atom is -0.481 e. The number of aliphatic carboxylic acids is 1. The van der Waals surface area contributed by atoms with Crippen LogP contribution in [0.25, 0.3) is 0 Å². The van der Waals surface area contributed by atoms with Gasteiger partial charge in [0.05, 0.1) is 12.1 Å². The molecule has 0 aromatic rings. The van der Waals surface area contributed by atoms with E-state index < -0.39 is 23.4 Å². The molecule has 0 aliphatic heterocycles. The summed E-state index contributed by atoms with van der Waals surface area (Å²) in [6.07, 6.45) is 1.01. The van der Waals surface area contributed by atoms with E-state index in [1.165, 1.54) is 7.11 Å². The zero-order chi connectivity index (χ0) is 14.9. The van der Waals surface area contributed by atoms with Gasteiger partial charge in [-0.25, -0.2) is 4.79 Å². The molecular weight excluding hydrogens is 252 g/mol. The van der Waals surface area contributed by atoms with Gasteiger partial charge in [0, 0.05) is 20.0 Å². The Labute approximate surface area is 112 Å². The highest BCUT2D eigenvalue weighted by Crippen LogP contribution is 2.02. The minimum absolute atomic E-state index is 0.0281. The van der Waals surface area contributed by atoms with Crippen molar-refractivity contribution >= 4 is 17.9 Å². The van der Waals surface area contributed by atoms with E-state index in [0.717, 1.165) is 0 Å². The number of rotatable bonds is 8. The number of nitrogens with one attached hydrogen (secondary N) is 2. The molecule has 0 aliphatic rings. The van der Waals surface area contributed by atoms with E-state index in [0.29, 0.717) is 19.4 Å². The molecule has 0 rings (SSSR count). The van der Waals surface area contributed by atoms with Gasteiger partial charge in [0.25, 0.3) is 0 Å². The lowest BCUT2D eigenvalue weighted by atomic mass is 10.1. The van der Waals surface area contributed by atoms with Gasteiger partial charge in [-0.1, -0.05) is 0 Å². The molecular formula is C12H22N2O5. The number of hydrogen-bond acceptors (Lipinski definition) is 4. The highest BCUT2D eigenvalue weighted by Gasteiger charge is 2.20. The molecule has 0 fully saturated rings. The Morgan fingerprint density at radius 1 is 1.16 bits per heavy atom. The monoisotopic (exact) mass is 274 g/mol. The van der Waals surface area contributed by atoms with Crippen LogP contribution in [0, 0.1) is 0 Å². The van der Waals surface area contributed by atoms with E-state index in [1.54, 1.807) is 13.8 Å². The number of methoxy groups -OCH3 is 1. The van der Waals surface area contributed by atoms with Crippen LogP contribution < -0.4 is 10.6 Å². The van der Waals surface area contributed by atoms with Crippen LogP contribution in [0.4, 0.5) is 4.79 Å². The fraction of sp³-hybridized carbons (Fsp3) is 0.750. The maximum atomic E-state index is 11.5. The number of ether oxygens (including phenoxy) is 1. The molecule has 0 saturated carbocycles. The van der Waals surface area contributed by atoms with Crippen LogP contribution in [0.2, 0.25) is 0 Å². The summed E-state index contributed by atoms with van der Waals surface area (Å²) in [4.78, 5) is 33.1. The molecule has 0 atom stereocenters. The maximum absolute atomic E-state index is 11.5. The Hall–Kier alpha value is -1.63. The minimum atomic E-state index is -0.889. The summed E-state index contributed by atoms with van der Waals surface area (Å²) in [5.41, 5.74) is -0.567. The maximum Gasteiger partial charge on any atom is 0.321 e. The van der Waals surface area contributed by atoms with Gasteiger partial charge >= 0.3 is 12.0 Å². The standard InChI is InChI=1S/C12H22N2O5/c1-12(2,8-19-3)14-11(18)13-9(15)6-4-5-7-10(16)17/h4-8H2,1-3H3,(H,16,17)(H2,13,14,15,18). The van der Waals surface area contributed by atoms with Gasteiger partial charge in [-0.2, -0.15) is 0 Å². The first kappa shape index (κ1) is 17.4. The third-order valence-electron chi connectivity index (χ3n) is 2.25. The number of hydrogen-bond donors (Lipinski definition) is 3. The molecule has 0 aromatic carbocycles. The lowest BCUT2D eigenvalue weighted by Crippen LogP contribution is -2.52. The summed E-state index contributed by atoms with van der Waals surface area (Å²) in [6.45, 7) is 3.87. The van der Waals surface area contributed by atoms with Gasteiger partial charge in [0.1, 0.15) is 0 Å². The van der Waals surface area contributed by atoms with Crippen molar-refractivity contribution in [1.29, 1.82) is 0 Å². The Kier molecular flexibility index (Phi) is 7.74. The zero-order valence-electron chi connectivity index (χ0n) is 11.6. The van der Waals surface area contributed by atoms with E-state index in [9.17, 15) is 14.4 Å². The van der Waals surface area contributed by atoms with Gasteiger partial charge in [-0.3, -0.25) is 14.9 Å². The quantitative estimate of drug-likeness (QED) is 0.570. The summed E-state index contributed by atoms with van der Waals surface area (Å²) >= 11 is 0. The van der Waals surface area contributed by atoms with Crippen molar-refractivity contribution in [2.45, 2.75) is 45.1 Å². The van der Waals surface area contributed by atoms with Crippen LogP contribution in [0.15, 0.2) is 0 Å². The summed E-state index contributed by atoms with van der Waals surface area (Å²) < 4.78 is 4.93. The number of carboxylic acids is 1. The van der Waals surface area contributed by atoms with Crippen LogP contribution in [0.5, 0.6) is 0 Å². The molecule has 110 valence electrons. The lowest BCUT2D eigenvalue weighted by Gasteiger charge is -2.25. The molecule has 0 saturated heterocycles. The first-order valence-corrected chi connectivity index (χ1v) is 6.09. The fourth-order valence-corrected chi connectivity index (χ4v) is 1.49. The van der Waals surface area contributed by atoms with Crippen molar-refractivity contribution in [3.05, 3.63) is 0 Å². The number of carbonyl (C=O) groups is 3. The van der Waals surface area contributed by atoms with Crippen LogP contribution >= 0.6 is 0 Å². The zero-order valence-corrected chi connectivity index (χ0v) is 11.6. The largest absolute Gasteiger partial charge is 0.481 e. The Bertz CT molecular complexity index is 328. The van der Waals surface area contributed by atoms with Crippen LogP contribution in [-0.4, -0.2) is 42.3 Å². The second-order valence-corrected chi connectivity index (χ2v) is 4.92. The predicted octanol–water partition coefficient (Wildman–Crippen LogP) is 0.882. The van der Waals surface area contributed by atoms with E-state index in [4.69, 9.17) is 9.84 Å². The van der Waals surface area contributed by atoms with E-state index >= 15 is 0 Å². The molecule has 0 spiro atoms. The fourth-order valence-electron chi connectivity index (χ4n) is 1.49. The topological polar surface area (TPSA) is 105 Å². The second-order valence-electron chi connectivity index (χ2n) is 4.92. The normalized spacial score (nSPS) is 10.9. The molecule has 3 amide bonds. The molecule has 19 heavy (non-hydrogen) atoms. The second kappa shape index (κ2) is 8.47. The molecule has 0 heterocycles.